The Labute approximate surface area is 216 Å². The minimum atomic E-state index is -4.28. The van der Waals surface area contributed by atoms with E-state index in [9.17, 15) is 18.5 Å². The maximum atomic E-state index is 15.0. The summed E-state index contributed by atoms with van der Waals surface area (Å²) in [7, 11) is -6.58. The first-order valence-electron chi connectivity index (χ1n) is 11.4. The number of rotatable bonds is 7. The van der Waals surface area contributed by atoms with E-state index in [0.29, 0.717) is 16.3 Å². The van der Waals surface area contributed by atoms with E-state index in [-0.39, 0.29) is 16.2 Å². The minimum Gasteiger partial charge on any atom is -0.360 e. The van der Waals surface area contributed by atoms with Crippen molar-refractivity contribution in [1.82, 2.24) is 0 Å². The molecule has 186 valence electrons. The number of nitrogens with zero attached hydrogens (tertiary/aromatic N) is 4. The molecule has 4 rings (SSSR count). The molecule has 0 fully saturated rings. The lowest BCUT2D eigenvalue weighted by Crippen LogP contribution is -2.39. The third-order valence-electron chi connectivity index (χ3n) is 5.82. The molecule has 0 saturated carbocycles. The Morgan fingerprint density at radius 1 is 0.784 bits per heavy atom. The second-order valence-electron chi connectivity index (χ2n) is 8.30. The zero-order valence-electron chi connectivity index (χ0n) is 20.3. The number of hydrogen-bond acceptors (Lipinski definition) is 3. The van der Waals surface area contributed by atoms with Crippen LogP contribution in [0.25, 0.3) is 5.53 Å². The molecule has 0 aliphatic rings. The summed E-state index contributed by atoms with van der Waals surface area (Å²) in [6, 6.07) is 32.2. The molecule has 0 unspecified atom stereocenters. The molecule has 0 heterocycles. The molecule has 4 aromatic carbocycles. The van der Waals surface area contributed by atoms with Crippen LogP contribution in [0.4, 0.5) is 5.69 Å². The molecule has 0 atom stereocenters. The molecule has 0 aromatic heterocycles. The summed E-state index contributed by atoms with van der Waals surface area (Å²) < 4.78 is 46.1. The van der Waals surface area contributed by atoms with Crippen LogP contribution in [0.1, 0.15) is 5.56 Å². The van der Waals surface area contributed by atoms with Crippen LogP contribution in [0.2, 0.25) is 0 Å². The van der Waals surface area contributed by atoms with E-state index in [1.807, 2.05) is 13.0 Å². The molecule has 0 spiro atoms. The summed E-state index contributed by atoms with van der Waals surface area (Å²) in [5.41, 5.74) is 11.5. The fourth-order valence-electron chi connectivity index (χ4n) is 3.82. The van der Waals surface area contributed by atoms with Crippen molar-refractivity contribution in [3.8, 4) is 0 Å². The lowest BCUT2D eigenvalue weighted by molar-refractivity contribution is 0.00271. The molecule has 0 bridgehead atoms. The van der Waals surface area contributed by atoms with E-state index in [4.69, 9.17) is 0 Å². The second-order valence-corrected chi connectivity index (χ2v) is 12.6. The summed E-state index contributed by atoms with van der Waals surface area (Å²) in [6.07, 6.45) is 0. The first-order valence-corrected chi connectivity index (χ1v) is 14.6. The van der Waals surface area contributed by atoms with Crippen molar-refractivity contribution in [3.05, 3.63) is 126 Å². The van der Waals surface area contributed by atoms with Gasteiger partial charge in [-0.15, -0.1) is 4.40 Å². The molecule has 0 aliphatic carbocycles. The van der Waals surface area contributed by atoms with E-state index in [2.05, 4.69) is 9.19 Å². The Hall–Kier alpha value is -4.09. The Morgan fingerprint density at radius 3 is 1.70 bits per heavy atom. The average Bonchev–Trinajstić information content (AvgIpc) is 2.94. The van der Waals surface area contributed by atoms with Crippen molar-refractivity contribution >= 4 is 44.8 Å². The molecular weight excluding hydrogens is 503 g/mol. The molecular formula is C28H25N4O3PS. The Kier molecular flexibility index (Phi) is 7.65. The van der Waals surface area contributed by atoms with E-state index >= 15 is 0 Å². The van der Waals surface area contributed by atoms with Gasteiger partial charge < -0.3 is 15.0 Å². The highest BCUT2D eigenvalue weighted by molar-refractivity contribution is 7.95. The minimum absolute atomic E-state index is 0.0383. The van der Waals surface area contributed by atoms with Gasteiger partial charge in [0.15, 0.2) is 0 Å². The van der Waals surface area contributed by atoms with Gasteiger partial charge in [-0.1, -0.05) is 96.6 Å². The van der Waals surface area contributed by atoms with E-state index in [0.717, 1.165) is 5.56 Å². The number of sulfonamides is 1. The third-order valence-corrected chi connectivity index (χ3v) is 10.0. The highest BCUT2D eigenvalue weighted by atomic mass is 32.2. The lowest BCUT2D eigenvalue weighted by atomic mass is 10.2. The van der Waals surface area contributed by atoms with Crippen LogP contribution in [0.5, 0.6) is 0 Å². The van der Waals surface area contributed by atoms with Gasteiger partial charge in [0.1, 0.15) is 0 Å². The number of para-hydroxylation sites is 1. The van der Waals surface area contributed by atoms with Gasteiger partial charge in [-0.25, -0.2) is 0 Å². The zero-order valence-corrected chi connectivity index (χ0v) is 22.0. The third kappa shape index (κ3) is 5.37. The normalized spacial score (nSPS) is 12.0. The maximum absolute atomic E-state index is 15.0. The number of anilines is 1. The van der Waals surface area contributed by atoms with Crippen LogP contribution < -0.4 is 15.5 Å². The van der Waals surface area contributed by atoms with Crippen LogP contribution in [0.3, 0.4) is 0 Å². The molecule has 0 N–H and O–H groups in total. The summed E-state index contributed by atoms with van der Waals surface area (Å²) in [6.45, 7) is 1.85. The molecule has 4 aromatic rings. The van der Waals surface area contributed by atoms with Crippen molar-refractivity contribution < 1.29 is 17.8 Å². The number of hydrogen-bond donors (Lipinski definition) is 0. The fourth-order valence-corrected chi connectivity index (χ4v) is 7.49. The Morgan fingerprint density at radius 2 is 1.24 bits per heavy atom. The average molecular weight is 529 g/mol. The van der Waals surface area contributed by atoms with Gasteiger partial charge in [0.25, 0.3) is 17.2 Å². The largest absolute Gasteiger partial charge is 0.398 e. The fraction of sp³-hybridized carbons (Fsp3) is 0.0714. The lowest BCUT2D eigenvalue weighted by Gasteiger charge is -2.22. The Bertz CT molecular complexity index is 1570. The van der Waals surface area contributed by atoms with E-state index < -0.39 is 17.2 Å². The standard InChI is InChI=1S/C28H25N4O3PS/c1-22-18-20-26(21-19-22)37(34,35)31-27(32(2)23-12-6-3-7-13-23)28(30-29)36(33,24-14-8-4-9-15-24)25-16-10-5-11-17-25/h3-21H,1-2H3/b31-27-. The van der Waals surface area contributed by atoms with E-state index in [1.165, 1.54) is 17.0 Å². The van der Waals surface area contributed by atoms with Crippen molar-refractivity contribution in [2.24, 2.45) is 4.40 Å². The molecule has 37 heavy (non-hydrogen) atoms. The zero-order chi connectivity index (χ0) is 26.5. The molecule has 0 radical (unpaired) electrons. The predicted molar refractivity (Wildman–Crippen MR) is 149 cm³/mol. The summed E-state index contributed by atoms with van der Waals surface area (Å²) >= 11 is 0. The van der Waals surface area contributed by atoms with Crippen molar-refractivity contribution in [2.45, 2.75) is 11.8 Å². The van der Waals surface area contributed by atoms with Crippen LogP contribution in [0, 0.1) is 6.92 Å². The van der Waals surface area contributed by atoms with Gasteiger partial charge in [0.2, 0.25) is 5.84 Å². The summed E-state index contributed by atoms with van der Waals surface area (Å²) in [5, 5.41) is 0.742. The highest BCUT2D eigenvalue weighted by Crippen LogP contribution is 2.45. The monoisotopic (exact) mass is 528 g/mol. The molecule has 9 heteroatoms. The van der Waals surface area contributed by atoms with Gasteiger partial charge in [-0.05, 0) is 31.2 Å². The van der Waals surface area contributed by atoms with Crippen LogP contribution in [-0.4, -0.2) is 31.5 Å². The topological polar surface area (TPSA) is 103 Å². The van der Waals surface area contributed by atoms with Crippen LogP contribution >= 0.6 is 7.14 Å². The quantitative estimate of drug-likeness (QED) is 0.112. The van der Waals surface area contributed by atoms with Gasteiger partial charge in [-0.2, -0.15) is 13.2 Å². The van der Waals surface area contributed by atoms with Gasteiger partial charge >= 0.3 is 5.45 Å². The number of aryl methyl sites for hydroxylation is 1. The smallest absolute Gasteiger partial charge is 0.360 e. The van der Waals surface area contributed by atoms with Gasteiger partial charge in [-0.3, -0.25) is 0 Å². The predicted octanol–water partition coefficient (Wildman–Crippen LogP) is 4.86. The number of benzene rings is 4. The van der Waals surface area contributed by atoms with Crippen molar-refractivity contribution in [2.75, 3.05) is 11.9 Å². The van der Waals surface area contributed by atoms with Gasteiger partial charge in [0.05, 0.1) is 4.90 Å². The highest BCUT2D eigenvalue weighted by Gasteiger charge is 2.46. The van der Waals surface area contributed by atoms with Crippen LogP contribution in [0.15, 0.2) is 125 Å². The van der Waals surface area contributed by atoms with Gasteiger partial charge in [0, 0.05) is 23.3 Å². The number of amidine groups is 1. The van der Waals surface area contributed by atoms with Crippen molar-refractivity contribution in [1.29, 1.82) is 0 Å². The summed E-state index contributed by atoms with van der Waals surface area (Å²) in [5.74, 6) is -0.259. The molecule has 0 amide bonds. The SMILES string of the molecule is Cc1ccc(S(=O)(=O)/N=C(/C(=[N+]=[N-])P(=O)(c2ccccc2)c2ccccc2)N(C)c2ccccc2)cc1. The first kappa shape index (κ1) is 26.0. The maximum Gasteiger partial charge on any atom is 0.398 e. The van der Waals surface area contributed by atoms with Crippen LogP contribution in [-0.2, 0) is 14.6 Å². The summed E-state index contributed by atoms with van der Waals surface area (Å²) in [4.78, 5) is 4.89. The van der Waals surface area contributed by atoms with Crippen molar-refractivity contribution in [3.63, 3.8) is 0 Å². The second kappa shape index (κ2) is 10.9. The molecule has 7 nitrogen and oxygen atoms in total. The molecule has 0 aliphatic heterocycles. The first-order chi connectivity index (χ1) is 17.8. The Balaban J connectivity index is 2.01. The molecule has 0 saturated heterocycles. The van der Waals surface area contributed by atoms with E-state index in [1.54, 1.807) is 104 Å².